The molecular weight excluding hydrogens is 391 g/mol. The van der Waals surface area contributed by atoms with Crippen molar-refractivity contribution in [1.82, 2.24) is 20.0 Å². The van der Waals surface area contributed by atoms with Crippen molar-refractivity contribution in [3.05, 3.63) is 54.1 Å². The molecule has 1 aromatic carbocycles. The summed E-state index contributed by atoms with van der Waals surface area (Å²) in [7, 11) is 0. The standard InChI is InChI=1S/C19H21FN8O2/c20-14-9-13(17(22)29)18(27-19(14)26-16-4-7-30-10-15(16)21)25-11-2-1-3-12(8-11)28-23-5-6-24-28/h1-3,5-6,8-9,15-16H,4,7,10,21H2,(H2,22,29)(H2,25,26,27)/t15-,16+/m0/s1. The number of carbonyl (C=O) groups is 1. The van der Waals surface area contributed by atoms with Crippen molar-refractivity contribution < 1.29 is 13.9 Å². The zero-order valence-electron chi connectivity index (χ0n) is 16.0. The smallest absolute Gasteiger partial charge is 0.252 e. The second-order valence-corrected chi connectivity index (χ2v) is 6.85. The van der Waals surface area contributed by atoms with Gasteiger partial charge in [-0.1, -0.05) is 6.07 Å². The van der Waals surface area contributed by atoms with Crippen molar-refractivity contribution >= 4 is 23.2 Å². The quantitative estimate of drug-likeness (QED) is 0.472. The number of nitrogens with one attached hydrogen (secondary N) is 2. The lowest BCUT2D eigenvalue weighted by Gasteiger charge is -2.30. The average molecular weight is 412 g/mol. The van der Waals surface area contributed by atoms with Crippen LogP contribution in [0.4, 0.5) is 21.7 Å². The summed E-state index contributed by atoms with van der Waals surface area (Å²) >= 11 is 0. The molecule has 0 spiro atoms. The number of primary amides is 1. The molecule has 0 bridgehead atoms. The second-order valence-electron chi connectivity index (χ2n) is 6.85. The minimum atomic E-state index is -0.803. The normalized spacial score (nSPS) is 18.7. The number of benzene rings is 1. The van der Waals surface area contributed by atoms with Gasteiger partial charge in [-0.05, 0) is 30.7 Å². The summed E-state index contributed by atoms with van der Waals surface area (Å²) in [6.45, 7) is 0.893. The van der Waals surface area contributed by atoms with E-state index in [1.807, 2.05) is 6.07 Å². The molecule has 10 nitrogen and oxygen atoms in total. The number of ether oxygens (including phenoxy) is 1. The van der Waals surface area contributed by atoms with Gasteiger partial charge in [0.05, 0.1) is 30.3 Å². The minimum absolute atomic E-state index is 0.0188. The number of hydrogen-bond acceptors (Lipinski definition) is 8. The third kappa shape index (κ3) is 4.21. The van der Waals surface area contributed by atoms with Gasteiger partial charge in [0.1, 0.15) is 5.82 Å². The molecule has 3 heterocycles. The van der Waals surface area contributed by atoms with Crippen LogP contribution in [0.5, 0.6) is 0 Å². The summed E-state index contributed by atoms with van der Waals surface area (Å²) in [6, 6.07) is 7.69. The molecule has 1 aliphatic heterocycles. The number of halogens is 1. The Labute approximate surface area is 171 Å². The van der Waals surface area contributed by atoms with E-state index in [0.29, 0.717) is 31.0 Å². The lowest BCUT2D eigenvalue weighted by Crippen LogP contribution is -2.47. The molecule has 2 atom stereocenters. The Morgan fingerprint density at radius 2 is 2.03 bits per heavy atom. The fraction of sp³-hybridized carbons (Fsp3) is 0.263. The van der Waals surface area contributed by atoms with E-state index < -0.39 is 11.7 Å². The van der Waals surface area contributed by atoms with E-state index in [2.05, 4.69) is 25.8 Å². The number of pyridine rings is 1. The van der Waals surface area contributed by atoms with E-state index in [-0.39, 0.29) is 29.3 Å². The molecule has 2 aromatic heterocycles. The van der Waals surface area contributed by atoms with Crippen LogP contribution in [-0.2, 0) is 4.74 Å². The molecule has 1 saturated heterocycles. The Balaban J connectivity index is 1.64. The van der Waals surface area contributed by atoms with Crippen LogP contribution in [0.1, 0.15) is 16.8 Å². The fourth-order valence-electron chi connectivity index (χ4n) is 3.18. The first-order valence-corrected chi connectivity index (χ1v) is 9.35. The van der Waals surface area contributed by atoms with E-state index >= 15 is 0 Å². The van der Waals surface area contributed by atoms with Crippen molar-refractivity contribution in [2.75, 3.05) is 23.8 Å². The molecule has 1 aliphatic rings. The van der Waals surface area contributed by atoms with Crippen molar-refractivity contribution in [3.8, 4) is 5.69 Å². The van der Waals surface area contributed by atoms with Crippen molar-refractivity contribution in [1.29, 1.82) is 0 Å². The minimum Gasteiger partial charge on any atom is -0.380 e. The number of amides is 1. The molecule has 0 saturated carbocycles. The van der Waals surface area contributed by atoms with Gasteiger partial charge in [0.25, 0.3) is 5.91 Å². The lowest BCUT2D eigenvalue weighted by molar-refractivity contribution is 0.0751. The molecule has 6 N–H and O–H groups in total. The molecule has 11 heteroatoms. The third-order valence-corrected chi connectivity index (χ3v) is 4.72. The maximum atomic E-state index is 14.6. The maximum absolute atomic E-state index is 14.6. The van der Waals surface area contributed by atoms with E-state index in [1.165, 1.54) is 4.80 Å². The van der Waals surface area contributed by atoms with Crippen LogP contribution in [-0.4, -0.2) is 51.2 Å². The van der Waals surface area contributed by atoms with Crippen LogP contribution < -0.4 is 22.1 Å². The highest BCUT2D eigenvalue weighted by molar-refractivity contribution is 5.98. The zero-order valence-corrected chi connectivity index (χ0v) is 16.0. The highest BCUT2D eigenvalue weighted by atomic mass is 19.1. The van der Waals surface area contributed by atoms with Crippen molar-refractivity contribution in [3.63, 3.8) is 0 Å². The monoisotopic (exact) mass is 412 g/mol. The van der Waals surface area contributed by atoms with Crippen molar-refractivity contribution in [2.45, 2.75) is 18.5 Å². The molecule has 0 radical (unpaired) electrons. The Morgan fingerprint density at radius 1 is 1.23 bits per heavy atom. The van der Waals surface area contributed by atoms with Crippen LogP contribution in [0.3, 0.4) is 0 Å². The Kier molecular flexibility index (Phi) is 5.55. The van der Waals surface area contributed by atoms with E-state index in [0.717, 1.165) is 6.07 Å². The van der Waals surface area contributed by atoms with Crippen LogP contribution in [0.15, 0.2) is 42.7 Å². The van der Waals surface area contributed by atoms with Gasteiger partial charge in [0.15, 0.2) is 11.6 Å². The third-order valence-electron chi connectivity index (χ3n) is 4.72. The number of carbonyl (C=O) groups excluding carboxylic acids is 1. The van der Waals surface area contributed by atoms with Gasteiger partial charge in [-0.2, -0.15) is 15.0 Å². The number of anilines is 3. The Bertz CT molecular complexity index is 1040. The van der Waals surface area contributed by atoms with Gasteiger partial charge >= 0.3 is 0 Å². The van der Waals surface area contributed by atoms with Crippen LogP contribution >= 0.6 is 0 Å². The first-order chi connectivity index (χ1) is 14.5. The molecule has 0 aliphatic carbocycles. The molecule has 30 heavy (non-hydrogen) atoms. The van der Waals surface area contributed by atoms with Gasteiger partial charge in [-0.3, -0.25) is 4.79 Å². The molecule has 156 valence electrons. The second kappa shape index (κ2) is 8.43. The number of rotatable bonds is 6. The molecule has 1 fully saturated rings. The van der Waals surface area contributed by atoms with Gasteiger partial charge in [0.2, 0.25) is 0 Å². The van der Waals surface area contributed by atoms with Gasteiger partial charge in [-0.15, -0.1) is 0 Å². The first kappa shape index (κ1) is 19.7. The first-order valence-electron chi connectivity index (χ1n) is 9.35. The summed E-state index contributed by atoms with van der Waals surface area (Å²) < 4.78 is 19.9. The average Bonchev–Trinajstić information content (AvgIpc) is 3.27. The number of aromatic nitrogens is 4. The summed E-state index contributed by atoms with van der Waals surface area (Å²) in [5.74, 6) is -1.39. The fourth-order valence-corrected chi connectivity index (χ4v) is 3.18. The topological polar surface area (TPSA) is 146 Å². The molecule has 1 amide bonds. The highest BCUT2D eigenvalue weighted by Gasteiger charge is 2.25. The van der Waals surface area contributed by atoms with Gasteiger partial charge < -0.3 is 26.8 Å². The highest BCUT2D eigenvalue weighted by Crippen LogP contribution is 2.26. The summed E-state index contributed by atoms with van der Waals surface area (Å²) in [5, 5.41) is 14.2. The van der Waals surface area contributed by atoms with E-state index in [4.69, 9.17) is 16.2 Å². The van der Waals surface area contributed by atoms with Crippen LogP contribution in [0.25, 0.3) is 5.69 Å². The largest absolute Gasteiger partial charge is 0.380 e. The summed E-state index contributed by atoms with van der Waals surface area (Å²) in [6.07, 6.45) is 3.74. The van der Waals surface area contributed by atoms with E-state index in [1.54, 1.807) is 30.6 Å². The predicted octanol–water partition coefficient (Wildman–Crippen LogP) is 1.17. The number of nitrogens with two attached hydrogens (primary N) is 2. The lowest BCUT2D eigenvalue weighted by atomic mass is 10.0. The molecule has 3 aromatic rings. The maximum Gasteiger partial charge on any atom is 0.252 e. The van der Waals surface area contributed by atoms with Gasteiger partial charge in [-0.25, -0.2) is 9.37 Å². The molecule has 0 unspecified atom stereocenters. The van der Waals surface area contributed by atoms with E-state index in [9.17, 15) is 9.18 Å². The SMILES string of the molecule is NC(=O)c1cc(F)c(N[C@@H]2CCOC[C@@H]2N)nc1Nc1cccc(-n2nccn2)c1. The Hall–Kier alpha value is -3.57. The summed E-state index contributed by atoms with van der Waals surface area (Å²) in [5.41, 5.74) is 12.7. The number of nitrogens with zero attached hydrogens (tertiary/aromatic N) is 4. The summed E-state index contributed by atoms with van der Waals surface area (Å²) in [4.78, 5) is 17.6. The predicted molar refractivity (Wildman–Crippen MR) is 108 cm³/mol. The van der Waals surface area contributed by atoms with Crippen molar-refractivity contribution in [2.24, 2.45) is 11.5 Å². The molecule has 4 rings (SSSR count). The van der Waals surface area contributed by atoms with Crippen LogP contribution in [0, 0.1) is 5.82 Å². The zero-order chi connectivity index (χ0) is 21.1. The molecular formula is C19H21FN8O2. The van der Waals surface area contributed by atoms with Gasteiger partial charge in [0, 0.05) is 24.4 Å². The van der Waals surface area contributed by atoms with Crippen LogP contribution in [0.2, 0.25) is 0 Å². The number of hydrogen-bond donors (Lipinski definition) is 4. The Morgan fingerprint density at radius 3 is 2.77 bits per heavy atom.